The second-order valence-corrected chi connectivity index (χ2v) is 5.81. The van der Waals surface area contributed by atoms with Gasteiger partial charge in [0.1, 0.15) is 0 Å². The standard InChI is InChI=1S/C15H23N3O/c1-11(2)19-15-13(5-3-8-16-15)17-12-7-10-18-9-4-6-14(12)18/h3,5,8,11-12,14,17H,4,6-7,9-10H2,1-2H3. The molecular formula is C15H23N3O. The molecule has 0 saturated carbocycles. The van der Waals surface area contributed by atoms with Crippen molar-refractivity contribution in [2.75, 3.05) is 18.4 Å². The summed E-state index contributed by atoms with van der Waals surface area (Å²) >= 11 is 0. The molecule has 1 N–H and O–H groups in total. The van der Waals surface area contributed by atoms with Crippen molar-refractivity contribution in [3.05, 3.63) is 18.3 Å². The minimum absolute atomic E-state index is 0.155. The quantitative estimate of drug-likeness (QED) is 0.903. The van der Waals surface area contributed by atoms with Gasteiger partial charge in [0.15, 0.2) is 0 Å². The summed E-state index contributed by atoms with van der Waals surface area (Å²) in [6.45, 7) is 6.56. The van der Waals surface area contributed by atoms with E-state index in [9.17, 15) is 0 Å². The summed E-state index contributed by atoms with van der Waals surface area (Å²) in [6.07, 6.45) is 5.82. The maximum atomic E-state index is 5.78. The summed E-state index contributed by atoms with van der Waals surface area (Å²) in [4.78, 5) is 6.96. The van der Waals surface area contributed by atoms with Gasteiger partial charge in [-0.15, -0.1) is 0 Å². The van der Waals surface area contributed by atoms with Crippen LogP contribution in [0.4, 0.5) is 5.69 Å². The molecule has 2 unspecified atom stereocenters. The van der Waals surface area contributed by atoms with Gasteiger partial charge in [0.25, 0.3) is 0 Å². The Kier molecular flexibility index (Phi) is 3.60. The van der Waals surface area contributed by atoms with Crippen LogP contribution in [0.15, 0.2) is 18.3 Å². The Balaban J connectivity index is 1.72. The van der Waals surface area contributed by atoms with Crippen LogP contribution in [0.25, 0.3) is 0 Å². The average molecular weight is 261 g/mol. The number of pyridine rings is 1. The molecule has 4 heteroatoms. The smallest absolute Gasteiger partial charge is 0.237 e. The molecule has 104 valence electrons. The molecule has 0 bridgehead atoms. The van der Waals surface area contributed by atoms with Crippen LogP contribution in [-0.2, 0) is 0 Å². The van der Waals surface area contributed by atoms with E-state index in [-0.39, 0.29) is 6.10 Å². The monoisotopic (exact) mass is 261 g/mol. The fourth-order valence-corrected chi connectivity index (χ4v) is 3.27. The van der Waals surface area contributed by atoms with Gasteiger partial charge in [-0.2, -0.15) is 0 Å². The van der Waals surface area contributed by atoms with E-state index in [0.717, 1.165) is 11.6 Å². The van der Waals surface area contributed by atoms with Gasteiger partial charge >= 0.3 is 0 Å². The Morgan fingerprint density at radius 1 is 1.37 bits per heavy atom. The molecule has 2 fully saturated rings. The summed E-state index contributed by atoms with van der Waals surface area (Å²) in [6, 6.07) is 5.28. The minimum Gasteiger partial charge on any atom is -0.473 e. The molecule has 0 spiro atoms. The first kappa shape index (κ1) is 12.7. The maximum absolute atomic E-state index is 5.78. The molecule has 3 heterocycles. The van der Waals surface area contributed by atoms with Gasteiger partial charge < -0.3 is 10.1 Å². The summed E-state index contributed by atoms with van der Waals surface area (Å²) < 4.78 is 5.78. The number of aromatic nitrogens is 1. The minimum atomic E-state index is 0.155. The second kappa shape index (κ2) is 5.37. The molecule has 0 radical (unpaired) electrons. The molecule has 2 aliphatic rings. The summed E-state index contributed by atoms with van der Waals surface area (Å²) in [7, 11) is 0. The van der Waals surface area contributed by atoms with E-state index in [4.69, 9.17) is 4.74 Å². The van der Waals surface area contributed by atoms with E-state index in [1.54, 1.807) is 6.20 Å². The summed E-state index contributed by atoms with van der Waals surface area (Å²) in [5.74, 6) is 0.731. The first-order valence-electron chi connectivity index (χ1n) is 7.36. The summed E-state index contributed by atoms with van der Waals surface area (Å²) in [5, 5.41) is 3.66. The molecule has 0 amide bonds. The van der Waals surface area contributed by atoms with Crippen molar-refractivity contribution >= 4 is 5.69 Å². The summed E-state index contributed by atoms with van der Waals surface area (Å²) in [5.41, 5.74) is 1.04. The molecule has 2 atom stereocenters. The Morgan fingerprint density at radius 2 is 2.26 bits per heavy atom. The van der Waals surface area contributed by atoms with E-state index >= 15 is 0 Å². The maximum Gasteiger partial charge on any atom is 0.237 e. The normalized spacial score (nSPS) is 26.7. The molecule has 2 saturated heterocycles. The molecule has 0 aliphatic carbocycles. The first-order chi connectivity index (χ1) is 9.24. The van der Waals surface area contributed by atoms with Crippen LogP contribution >= 0.6 is 0 Å². The number of anilines is 1. The van der Waals surface area contributed by atoms with Crippen molar-refractivity contribution in [3.63, 3.8) is 0 Å². The Hall–Kier alpha value is -1.29. The number of ether oxygens (including phenoxy) is 1. The van der Waals surface area contributed by atoms with E-state index in [1.807, 2.05) is 19.9 Å². The van der Waals surface area contributed by atoms with Crippen LogP contribution in [0.1, 0.15) is 33.1 Å². The third-order valence-electron chi connectivity index (χ3n) is 4.07. The van der Waals surface area contributed by atoms with Gasteiger partial charge in [0, 0.05) is 24.8 Å². The van der Waals surface area contributed by atoms with Gasteiger partial charge in [-0.1, -0.05) is 0 Å². The highest BCUT2D eigenvalue weighted by molar-refractivity contribution is 5.53. The van der Waals surface area contributed by atoms with Crippen LogP contribution in [-0.4, -0.2) is 41.2 Å². The number of hydrogen-bond acceptors (Lipinski definition) is 4. The average Bonchev–Trinajstić information content (AvgIpc) is 2.96. The van der Waals surface area contributed by atoms with E-state index < -0.39 is 0 Å². The van der Waals surface area contributed by atoms with E-state index in [2.05, 4.69) is 21.3 Å². The van der Waals surface area contributed by atoms with E-state index in [1.165, 1.54) is 32.4 Å². The third kappa shape index (κ3) is 2.68. The Labute approximate surface area is 115 Å². The van der Waals surface area contributed by atoms with Gasteiger partial charge in [-0.3, -0.25) is 4.90 Å². The number of fused-ring (bicyclic) bond motifs is 1. The number of nitrogens with one attached hydrogen (secondary N) is 1. The molecule has 4 nitrogen and oxygen atoms in total. The zero-order valence-electron chi connectivity index (χ0n) is 11.8. The SMILES string of the molecule is CC(C)Oc1ncccc1NC1CCN2CCCC12. The third-order valence-corrected chi connectivity index (χ3v) is 4.07. The highest BCUT2D eigenvalue weighted by Crippen LogP contribution is 2.32. The Bertz CT molecular complexity index is 435. The predicted octanol–water partition coefficient (Wildman–Crippen LogP) is 2.52. The fraction of sp³-hybridized carbons (Fsp3) is 0.667. The van der Waals surface area contributed by atoms with Gasteiger partial charge in [-0.25, -0.2) is 4.98 Å². The van der Waals surface area contributed by atoms with Crippen molar-refractivity contribution in [1.29, 1.82) is 0 Å². The van der Waals surface area contributed by atoms with Gasteiger partial charge in [0.05, 0.1) is 11.8 Å². The number of nitrogens with zero attached hydrogens (tertiary/aromatic N) is 2. The van der Waals surface area contributed by atoms with Crippen LogP contribution in [0.3, 0.4) is 0 Å². The molecular weight excluding hydrogens is 238 g/mol. The molecule has 19 heavy (non-hydrogen) atoms. The molecule has 3 rings (SSSR count). The lowest BCUT2D eigenvalue weighted by Crippen LogP contribution is -2.34. The molecule has 1 aromatic rings. The zero-order chi connectivity index (χ0) is 13.2. The van der Waals surface area contributed by atoms with Crippen LogP contribution in [0.5, 0.6) is 5.88 Å². The van der Waals surface area contributed by atoms with Gasteiger partial charge in [0.2, 0.25) is 5.88 Å². The first-order valence-corrected chi connectivity index (χ1v) is 7.36. The highest BCUT2D eigenvalue weighted by atomic mass is 16.5. The van der Waals surface area contributed by atoms with Crippen LogP contribution in [0, 0.1) is 0 Å². The second-order valence-electron chi connectivity index (χ2n) is 5.81. The molecule has 0 aromatic carbocycles. The topological polar surface area (TPSA) is 37.4 Å². The number of hydrogen-bond donors (Lipinski definition) is 1. The van der Waals surface area contributed by atoms with Crippen molar-refractivity contribution < 1.29 is 4.74 Å². The largest absolute Gasteiger partial charge is 0.473 e. The van der Waals surface area contributed by atoms with Crippen molar-refractivity contribution in [1.82, 2.24) is 9.88 Å². The van der Waals surface area contributed by atoms with Crippen LogP contribution < -0.4 is 10.1 Å². The predicted molar refractivity (Wildman–Crippen MR) is 76.6 cm³/mol. The lowest BCUT2D eigenvalue weighted by atomic mass is 10.1. The lowest BCUT2D eigenvalue weighted by molar-refractivity contribution is 0.233. The molecule has 1 aromatic heterocycles. The fourth-order valence-electron chi connectivity index (χ4n) is 3.27. The van der Waals surface area contributed by atoms with Crippen molar-refractivity contribution in [2.45, 2.75) is 51.3 Å². The van der Waals surface area contributed by atoms with E-state index in [0.29, 0.717) is 12.1 Å². The Morgan fingerprint density at radius 3 is 3.11 bits per heavy atom. The highest BCUT2D eigenvalue weighted by Gasteiger charge is 2.37. The zero-order valence-corrected chi connectivity index (χ0v) is 11.8. The van der Waals surface area contributed by atoms with Crippen molar-refractivity contribution in [3.8, 4) is 5.88 Å². The lowest BCUT2D eigenvalue weighted by Gasteiger charge is -2.23. The van der Waals surface area contributed by atoms with Crippen molar-refractivity contribution in [2.24, 2.45) is 0 Å². The molecule has 2 aliphatic heterocycles. The van der Waals surface area contributed by atoms with Crippen LogP contribution in [0.2, 0.25) is 0 Å². The van der Waals surface area contributed by atoms with Gasteiger partial charge in [-0.05, 0) is 51.8 Å². The number of rotatable bonds is 4.